The first-order chi connectivity index (χ1) is 15.5. The molecule has 0 aliphatic carbocycles. The van der Waals surface area contributed by atoms with Crippen LogP contribution in [0.4, 0.5) is 0 Å². The fraction of sp³-hybridized carbons (Fsp3) is 0.0714. The first kappa shape index (κ1) is 22.5. The summed E-state index contributed by atoms with van der Waals surface area (Å²) in [4.78, 5) is 23.4. The lowest BCUT2D eigenvalue weighted by atomic mass is 10.2. The second-order valence-electron chi connectivity index (χ2n) is 7.14. The highest BCUT2D eigenvalue weighted by Gasteiger charge is 2.07. The van der Waals surface area contributed by atoms with Crippen LogP contribution in [0.5, 0.6) is 11.5 Å². The first-order valence-corrected chi connectivity index (χ1v) is 10.2. The molecule has 32 heavy (non-hydrogen) atoms. The lowest BCUT2D eigenvalue weighted by Crippen LogP contribution is -2.07. The van der Waals surface area contributed by atoms with Crippen molar-refractivity contribution >= 4 is 11.9 Å². The molecule has 0 unspecified atom stereocenters. The third-order valence-corrected chi connectivity index (χ3v) is 4.48. The molecule has 4 nitrogen and oxygen atoms in total. The van der Waals surface area contributed by atoms with Crippen LogP contribution in [-0.4, -0.2) is 11.9 Å². The van der Waals surface area contributed by atoms with E-state index in [4.69, 9.17) is 9.47 Å². The van der Waals surface area contributed by atoms with Gasteiger partial charge in [-0.25, -0.2) is 9.59 Å². The lowest BCUT2D eigenvalue weighted by Gasteiger charge is -2.04. The zero-order valence-corrected chi connectivity index (χ0v) is 18.0. The van der Waals surface area contributed by atoms with Crippen LogP contribution in [0.3, 0.4) is 0 Å². The van der Waals surface area contributed by atoms with Crippen LogP contribution in [0.15, 0.2) is 109 Å². The second kappa shape index (κ2) is 11.3. The van der Waals surface area contributed by atoms with Gasteiger partial charge in [0.1, 0.15) is 11.5 Å². The van der Waals surface area contributed by atoms with E-state index in [0.29, 0.717) is 22.6 Å². The molecule has 0 atom stereocenters. The van der Waals surface area contributed by atoms with Gasteiger partial charge in [-0.2, -0.15) is 0 Å². The van der Waals surface area contributed by atoms with Crippen molar-refractivity contribution in [3.63, 3.8) is 0 Å². The van der Waals surface area contributed by atoms with Crippen molar-refractivity contribution in [2.45, 2.75) is 13.8 Å². The van der Waals surface area contributed by atoms with Gasteiger partial charge in [-0.15, -0.1) is 0 Å². The molecule has 4 aromatic rings. The Bertz CT molecular complexity index is 1040. The largest absolute Gasteiger partial charge is 0.423 e. The summed E-state index contributed by atoms with van der Waals surface area (Å²) in [5.74, 6) is 0.479. The predicted octanol–water partition coefficient (Wildman–Crippen LogP) is 6.43. The van der Waals surface area contributed by atoms with Crippen molar-refractivity contribution in [2.24, 2.45) is 0 Å². The van der Waals surface area contributed by atoms with E-state index in [-0.39, 0.29) is 11.9 Å². The van der Waals surface area contributed by atoms with Gasteiger partial charge in [0.25, 0.3) is 0 Å². The summed E-state index contributed by atoms with van der Waals surface area (Å²) in [6.45, 7) is 3.98. The monoisotopic (exact) mass is 424 g/mol. The molecule has 4 heteroatoms. The van der Waals surface area contributed by atoms with Crippen molar-refractivity contribution in [1.29, 1.82) is 0 Å². The summed E-state index contributed by atoms with van der Waals surface area (Å²) in [6.07, 6.45) is 0. The minimum Gasteiger partial charge on any atom is -0.423 e. The van der Waals surface area contributed by atoms with E-state index < -0.39 is 0 Å². The molecule has 0 aliphatic rings. The Morgan fingerprint density at radius 3 is 1.09 bits per heavy atom. The van der Waals surface area contributed by atoms with Crippen LogP contribution in [-0.2, 0) is 0 Å². The van der Waals surface area contributed by atoms with Crippen molar-refractivity contribution in [1.82, 2.24) is 0 Å². The number of carbonyl (C=O) groups excluding carboxylic acids is 2. The fourth-order valence-corrected chi connectivity index (χ4v) is 2.69. The molecule has 0 radical (unpaired) electrons. The molecule has 0 aromatic heterocycles. The SMILES string of the molecule is Cc1ccc(OC(=O)c2ccccc2)cc1.Cc1ccc(OC(=O)c2ccccc2)cc1. The normalized spacial score (nSPS) is 9.81. The van der Waals surface area contributed by atoms with Crippen LogP contribution in [0.25, 0.3) is 0 Å². The summed E-state index contributed by atoms with van der Waals surface area (Å²) < 4.78 is 10.4. The quantitative estimate of drug-likeness (QED) is 0.280. The molecule has 0 N–H and O–H groups in total. The minimum atomic E-state index is -0.329. The van der Waals surface area contributed by atoms with Crippen molar-refractivity contribution in [2.75, 3.05) is 0 Å². The van der Waals surface area contributed by atoms with E-state index in [1.165, 1.54) is 0 Å². The topological polar surface area (TPSA) is 52.6 Å². The number of hydrogen-bond donors (Lipinski definition) is 0. The Labute approximate surface area is 188 Å². The highest BCUT2D eigenvalue weighted by Crippen LogP contribution is 2.14. The molecule has 0 heterocycles. The second-order valence-corrected chi connectivity index (χ2v) is 7.14. The number of rotatable bonds is 4. The van der Waals surface area contributed by atoms with Gasteiger partial charge in [0.2, 0.25) is 0 Å². The first-order valence-electron chi connectivity index (χ1n) is 10.2. The molecule has 0 bridgehead atoms. The van der Waals surface area contributed by atoms with Gasteiger partial charge in [0.05, 0.1) is 11.1 Å². The third-order valence-electron chi connectivity index (χ3n) is 4.48. The van der Waals surface area contributed by atoms with Crippen LogP contribution in [0.1, 0.15) is 31.8 Å². The van der Waals surface area contributed by atoms with Crippen molar-refractivity contribution < 1.29 is 19.1 Å². The van der Waals surface area contributed by atoms with E-state index in [1.807, 2.05) is 74.5 Å². The molecule has 0 aliphatic heterocycles. The molecule has 4 aromatic carbocycles. The third kappa shape index (κ3) is 6.96. The molecular formula is C28H24O4. The summed E-state index contributed by atoms with van der Waals surface area (Å²) >= 11 is 0. The number of aryl methyl sites for hydroxylation is 2. The number of carbonyl (C=O) groups is 2. The number of ether oxygens (including phenoxy) is 2. The molecule has 0 spiro atoms. The van der Waals surface area contributed by atoms with E-state index in [0.717, 1.165) is 11.1 Å². The Morgan fingerprint density at radius 2 is 0.781 bits per heavy atom. The van der Waals surface area contributed by atoms with Crippen LogP contribution in [0.2, 0.25) is 0 Å². The van der Waals surface area contributed by atoms with Crippen LogP contribution < -0.4 is 9.47 Å². The molecule has 0 amide bonds. The van der Waals surface area contributed by atoms with Gasteiger partial charge in [0, 0.05) is 0 Å². The maximum Gasteiger partial charge on any atom is 0.343 e. The number of benzene rings is 4. The summed E-state index contributed by atoms with van der Waals surface area (Å²) in [6, 6.07) is 32.7. The average molecular weight is 424 g/mol. The van der Waals surface area contributed by atoms with E-state index >= 15 is 0 Å². The average Bonchev–Trinajstić information content (AvgIpc) is 2.83. The standard InChI is InChI=1S/2C14H12O2/c2*1-11-7-9-13(10-8-11)16-14(15)12-5-3-2-4-6-12/h2*2-10H,1H3. The highest BCUT2D eigenvalue weighted by atomic mass is 16.5. The Kier molecular flexibility index (Phi) is 7.93. The Balaban J connectivity index is 0.000000181. The van der Waals surface area contributed by atoms with Crippen molar-refractivity contribution in [3.8, 4) is 11.5 Å². The summed E-state index contributed by atoms with van der Waals surface area (Å²) in [5.41, 5.74) is 3.39. The maximum absolute atomic E-state index is 11.7. The van der Waals surface area contributed by atoms with E-state index in [1.54, 1.807) is 48.5 Å². The lowest BCUT2D eigenvalue weighted by molar-refractivity contribution is 0.0725. The van der Waals surface area contributed by atoms with Gasteiger partial charge < -0.3 is 9.47 Å². The zero-order chi connectivity index (χ0) is 22.8. The smallest absolute Gasteiger partial charge is 0.343 e. The Morgan fingerprint density at radius 1 is 0.469 bits per heavy atom. The van der Waals surface area contributed by atoms with Crippen molar-refractivity contribution in [3.05, 3.63) is 131 Å². The maximum atomic E-state index is 11.7. The summed E-state index contributed by atoms with van der Waals surface area (Å²) in [5, 5.41) is 0. The molecule has 0 saturated heterocycles. The molecular weight excluding hydrogens is 400 g/mol. The predicted molar refractivity (Wildman–Crippen MR) is 125 cm³/mol. The van der Waals surface area contributed by atoms with E-state index in [2.05, 4.69) is 0 Å². The van der Waals surface area contributed by atoms with Gasteiger partial charge in [-0.05, 0) is 62.4 Å². The van der Waals surface area contributed by atoms with E-state index in [9.17, 15) is 9.59 Å². The highest BCUT2D eigenvalue weighted by molar-refractivity contribution is 5.91. The molecule has 0 fully saturated rings. The fourth-order valence-electron chi connectivity index (χ4n) is 2.69. The zero-order valence-electron chi connectivity index (χ0n) is 18.0. The Hall–Kier alpha value is -4.18. The molecule has 160 valence electrons. The summed E-state index contributed by atoms with van der Waals surface area (Å²) in [7, 11) is 0. The van der Waals surface area contributed by atoms with Gasteiger partial charge >= 0.3 is 11.9 Å². The minimum absolute atomic E-state index is 0.329. The van der Waals surface area contributed by atoms with Crippen LogP contribution in [0, 0.1) is 13.8 Å². The van der Waals surface area contributed by atoms with Crippen LogP contribution >= 0.6 is 0 Å². The van der Waals surface area contributed by atoms with Gasteiger partial charge in [-0.3, -0.25) is 0 Å². The number of hydrogen-bond acceptors (Lipinski definition) is 4. The molecule has 0 saturated carbocycles. The number of esters is 2. The van der Waals surface area contributed by atoms with Gasteiger partial charge in [-0.1, -0.05) is 71.8 Å². The molecule has 4 rings (SSSR count). The van der Waals surface area contributed by atoms with Gasteiger partial charge in [0.15, 0.2) is 0 Å².